The number of hydrogen-bond acceptors (Lipinski definition) is 3. The smallest absolute Gasteiger partial charge is 0.129 e. The lowest BCUT2D eigenvalue weighted by atomic mass is 10.1. The molecular formula is C15H18BrClN2S. The summed E-state index contributed by atoms with van der Waals surface area (Å²) in [6.45, 7) is 3.02. The summed E-state index contributed by atoms with van der Waals surface area (Å²) in [7, 11) is 2.07. The van der Waals surface area contributed by atoms with E-state index in [1.54, 1.807) is 11.3 Å². The van der Waals surface area contributed by atoms with Crippen LogP contribution in [0, 0.1) is 0 Å². The SMILES string of the molecule is CCCc1cc(CCl)cc(N(C)Cc2csc(Br)c2)n1. The van der Waals surface area contributed by atoms with E-state index < -0.39 is 0 Å². The molecule has 2 rings (SSSR count). The topological polar surface area (TPSA) is 16.1 Å². The zero-order chi connectivity index (χ0) is 14.5. The van der Waals surface area contributed by atoms with E-state index in [9.17, 15) is 0 Å². The molecule has 0 atom stereocenters. The van der Waals surface area contributed by atoms with Crippen molar-refractivity contribution >= 4 is 44.7 Å². The number of nitrogens with zero attached hydrogens (tertiary/aromatic N) is 2. The molecule has 0 saturated carbocycles. The van der Waals surface area contributed by atoms with E-state index in [0.717, 1.165) is 40.2 Å². The lowest BCUT2D eigenvalue weighted by molar-refractivity contribution is 0.847. The number of aryl methyl sites for hydroxylation is 1. The summed E-state index contributed by atoms with van der Waals surface area (Å²) in [6, 6.07) is 6.34. The van der Waals surface area contributed by atoms with Crippen LogP contribution in [0.1, 0.15) is 30.2 Å². The summed E-state index contributed by atoms with van der Waals surface area (Å²) in [4.78, 5) is 6.90. The van der Waals surface area contributed by atoms with Crippen LogP contribution in [0.3, 0.4) is 0 Å². The van der Waals surface area contributed by atoms with Gasteiger partial charge in [-0.25, -0.2) is 4.98 Å². The first-order chi connectivity index (χ1) is 9.62. The van der Waals surface area contributed by atoms with E-state index >= 15 is 0 Å². The number of aromatic nitrogens is 1. The van der Waals surface area contributed by atoms with Crippen molar-refractivity contribution in [2.45, 2.75) is 32.2 Å². The van der Waals surface area contributed by atoms with Crippen molar-refractivity contribution < 1.29 is 0 Å². The highest BCUT2D eigenvalue weighted by atomic mass is 79.9. The number of anilines is 1. The fourth-order valence-electron chi connectivity index (χ4n) is 2.07. The summed E-state index contributed by atoms with van der Waals surface area (Å²) in [5.74, 6) is 1.53. The molecule has 0 N–H and O–H groups in total. The average molecular weight is 374 g/mol. The van der Waals surface area contributed by atoms with Gasteiger partial charge >= 0.3 is 0 Å². The van der Waals surface area contributed by atoms with Crippen molar-refractivity contribution in [2.24, 2.45) is 0 Å². The lowest BCUT2D eigenvalue weighted by Gasteiger charge is -2.19. The van der Waals surface area contributed by atoms with Crippen LogP contribution in [-0.2, 0) is 18.8 Å². The molecule has 20 heavy (non-hydrogen) atoms. The molecule has 0 bridgehead atoms. The number of halogens is 2. The van der Waals surface area contributed by atoms with Crippen molar-refractivity contribution in [2.75, 3.05) is 11.9 Å². The normalized spacial score (nSPS) is 10.8. The molecule has 0 aromatic carbocycles. The van der Waals surface area contributed by atoms with E-state index in [1.165, 1.54) is 5.56 Å². The van der Waals surface area contributed by atoms with Crippen molar-refractivity contribution in [3.05, 3.63) is 44.2 Å². The van der Waals surface area contributed by atoms with E-state index in [4.69, 9.17) is 16.6 Å². The molecular weight excluding hydrogens is 356 g/mol. The molecule has 0 saturated heterocycles. The maximum atomic E-state index is 5.99. The number of alkyl halides is 1. The van der Waals surface area contributed by atoms with Crippen LogP contribution >= 0.6 is 38.9 Å². The second-order valence-corrected chi connectivity index (χ2v) is 7.38. The fraction of sp³-hybridized carbons (Fsp3) is 0.400. The monoisotopic (exact) mass is 372 g/mol. The van der Waals surface area contributed by atoms with Crippen molar-refractivity contribution in [1.29, 1.82) is 0 Å². The maximum Gasteiger partial charge on any atom is 0.129 e. The summed E-state index contributed by atoms with van der Waals surface area (Å²) in [5, 5.41) is 2.17. The third kappa shape index (κ3) is 4.21. The van der Waals surface area contributed by atoms with Gasteiger partial charge in [0.25, 0.3) is 0 Å². The van der Waals surface area contributed by atoms with E-state index in [1.807, 2.05) is 0 Å². The molecule has 2 heterocycles. The van der Waals surface area contributed by atoms with Crippen molar-refractivity contribution in [1.82, 2.24) is 4.98 Å². The number of pyridine rings is 1. The van der Waals surface area contributed by atoms with Crippen LogP contribution in [0.5, 0.6) is 0 Å². The van der Waals surface area contributed by atoms with Gasteiger partial charge in [-0.3, -0.25) is 0 Å². The van der Waals surface area contributed by atoms with Gasteiger partial charge in [-0.1, -0.05) is 13.3 Å². The Bertz CT molecular complexity index is 571. The third-order valence-electron chi connectivity index (χ3n) is 3.02. The Balaban J connectivity index is 2.19. The van der Waals surface area contributed by atoms with Gasteiger partial charge in [-0.05, 0) is 57.1 Å². The summed E-state index contributed by atoms with van der Waals surface area (Å²) >= 11 is 11.2. The van der Waals surface area contributed by atoms with Crippen LogP contribution in [-0.4, -0.2) is 12.0 Å². The predicted octanol–water partition coefficient (Wildman–Crippen LogP) is 5.23. The molecule has 2 aromatic rings. The van der Waals surface area contributed by atoms with Crippen LogP contribution < -0.4 is 4.90 Å². The van der Waals surface area contributed by atoms with Crippen LogP contribution in [0.4, 0.5) is 5.82 Å². The Kier molecular flexibility index (Phi) is 5.87. The largest absolute Gasteiger partial charge is 0.355 e. The minimum absolute atomic E-state index is 0.532. The Morgan fingerprint density at radius 3 is 2.70 bits per heavy atom. The molecule has 108 valence electrons. The molecule has 0 aliphatic rings. The average Bonchev–Trinajstić information content (AvgIpc) is 2.84. The number of hydrogen-bond donors (Lipinski definition) is 0. The molecule has 0 fully saturated rings. The quantitative estimate of drug-likeness (QED) is 0.644. The highest BCUT2D eigenvalue weighted by Gasteiger charge is 2.08. The Hall–Kier alpha value is -0.580. The van der Waals surface area contributed by atoms with Gasteiger partial charge in [0.1, 0.15) is 5.82 Å². The first-order valence-corrected chi connectivity index (χ1v) is 8.83. The van der Waals surface area contributed by atoms with Gasteiger partial charge < -0.3 is 4.90 Å². The van der Waals surface area contributed by atoms with Gasteiger partial charge in [0.05, 0.1) is 3.79 Å². The molecule has 5 heteroatoms. The van der Waals surface area contributed by atoms with Gasteiger partial charge in [0, 0.05) is 25.2 Å². The van der Waals surface area contributed by atoms with Crippen molar-refractivity contribution in [3.8, 4) is 0 Å². The highest BCUT2D eigenvalue weighted by molar-refractivity contribution is 9.11. The minimum atomic E-state index is 0.532. The first-order valence-electron chi connectivity index (χ1n) is 6.62. The molecule has 2 nitrogen and oxygen atoms in total. The minimum Gasteiger partial charge on any atom is -0.355 e. The first kappa shape index (κ1) is 15.8. The Labute approximate surface area is 137 Å². The molecule has 0 unspecified atom stereocenters. The van der Waals surface area contributed by atoms with Gasteiger partial charge in [-0.2, -0.15) is 0 Å². The second kappa shape index (κ2) is 7.43. The van der Waals surface area contributed by atoms with Gasteiger partial charge in [0.2, 0.25) is 0 Å². The number of thiophene rings is 1. The molecule has 0 aliphatic heterocycles. The highest BCUT2D eigenvalue weighted by Crippen LogP contribution is 2.23. The van der Waals surface area contributed by atoms with Crippen LogP contribution in [0.25, 0.3) is 0 Å². The summed E-state index contributed by atoms with van der Waals surface area (Å²) in [6.07, 6.45) is 2.09. The maximum absolute atomic E-state index is 5.99. The van der Waals surface area contributed by atoms with Gasteiger partial charge in [-0.15, -0.1) is 22.9 Å². The van der Waals surface area contributed by atoms with E-state index in [-0.39, 0.29) is 0 Å². The van der Waals surface area contributed by atoms with Crippen LogP contribution in [0.2, 0.25) is 0 Å². The van der Waals surface area contributed by atoms with Crippen LogP contribution in [0.15, 0.2) is 27.4 Å². The Morgan fingerprint density at radius 2 is 2.10 bits per heavy atom. The van der Waals surface area contributed by atoms with Crippen molar-refractivity contribution in [3.63, 3.8) is 0 Å². The molecule has 0 radical (unpaired) electrons. The lowest BCUT2D eigenvalue weighted by Crippen LogP contribution is -2.18. The standard InChI is InChI=1S/C15H18BrClN2S/c1-3-4-13-5-11(8-17)7-15(18-13)19(2)9-12-6-14(16)20-10-12/h5-7,10H,3-4,8-9H2,1-2H3. The molecule has 2 aromatic heterocycles. The van der Waals surface area contributed by atoms with Gasteiger partial charge in [0.15, 0.2) is 0 Å². The fourth-order valence-corrected chi connectivity index (χ4v) is 3.43. The predicted molar refractivity (Wildman–Crippen MR) is 91.9 cm³/mol. The summed E-state index contributed by atoms with van der Waals surface area (Å²) < 4.78 is 1.16. The van der Waals surface area contributed by atoms with E-state index in [0.29, 0.717) is 5.88 Å². The Morgan fingerprint density at radius 1 is 1.30 bits per heavy atom. The third-order valence-corrected chi connectivity index (χ3v) is 4.88. The zero-order valence-electron chi connectivity index (χ0n) is 11.7. The zero-order valence-corrected chi connectivity index (χ0v) is 14.9. The second-order valence-electron chi connectivity index (χ2n) is 4.82. The molecule has 0 spiro atoms. The molecule has 0 amide bonds. The van der Waals surface area contributed by atoms with E-state index in [2.05, 4.69) is 58.4 Å². The summed E-state index contributed by atoms with van der Waals surface area (Å²) in [5.41, 5.74) is 3.55. The molecule has 0 aliphatic carbocycles. The number of rotatable bonds is 6.